The number of benzene rings is 2. The molecule has 20 heavy (non-hydrogen) atoms. The minimum Gasteiger partial charge on any atom is -0.396 e. The van der Waals surface area contributed by atoms with Gasteiger partial charge in [-0.2, -0.15) is 0 Å². The highest BCUT2D eigenvalue weighted by atomic mass is 35.5. The summed E-state index contributed by atoms with van der Waals surface area (Å²) in [5.41, 5.74) is 10.1. The number of anilines is 1. The van der Waals surface area contributed by atoms with Crippen LogP contribution in [0.15, 0.2) is 42.5 Å². The summed E-state index contributed by atoms with van der Waals surface area (Å²) in [6.07, 6.45) is 0. The van der Waals surface area contributed by atoms with Gasteiger partial charge in [0.2, 0.25) is 0 Å². The van der Waals surface area contributed by atoms with Crippen molar-refractivity contribution >= 4 is 44.6 Å². The van der Waals surface area contributed by atoms with Crippen molar-refractivity contribution in [1.82, 2.24) is 9.38 Å². The summed E-state index contributed by atoms with van der Waals surface area (Å²) < 4.78 is 2.10. The third-order valence-electron chi connectivity index (χ3n) is 3.73. The number of halogens is 1. The standard InChI is InChI=1S/C16H12ClN3/c1-9-19-13-5-3-2-4-11(13)16-15(18)12-8-10(17)6-7-14(12)20(9)16/h2-8H,18H2,1H3. The maximum absolute atomic E-state index is 6.37. The molecule has 0 radical (unpaired) electrons. The molecule has 3 nitrogen and oxygen atoms in total. The molecule has 0 bridgehead atoms. The molecule has 2 aromatic carbocycles. The number of para-hydroxylation sites is 1. The molecule has 0 atom stereocenters. The van der Waals surface area contributed by atoms with Gasteiger partial charge in [-0.1, -0.05) is 29.8 Å². The van der Waals surface area contributed by atoms with Crippen LogP contribution in [-0.2, 0) is 0 Å². The SMILES string of the molecule is Cc1nc2ccccc2c2c(N)c3cc(Cl)ccc3n12. The molecule has 4 aromatic rings. The molecule has 0 fully saturated rings. The number of fused-ring (bicyclic) bond motifs is 5. The summed E-state index contributed by atoms with van der Waals surface area (Å²) in [7, 11) is 0. The minimum atomic E-state index is 0.690. The molecule has 0 amide bonds. The Bertz CT molecular complexity index is 985. The number of hydrogen-bond acceptors (Lipinski definition) is 2. The highest BCUT2D eigenvalue weighted by Crippen LogP contribution is 2.35. The lowest BCUT2D eigenvalue weighted by Gasteiger charge is -2.06. The lowest BCUT2D eigenvalue weighted by atomic mass is 10.2. The normalized spacial score (nSPS) is 11.7. The second-order valence-corrected chi connectivity index (χ2v) is 5.37. The van der Waals surface area contributed by atoms with E-state index in [4.69, 9.17) is 17.3 Å². The van der Waals surface area contributed by atoms with Crippen LogP contribution in [0.1, 0.15) is 5.82 Å². The molecular weight excluding hydrogens is 270 g/mol. The fourth-order valence-electron chi connectivity index (χ4n) is 2.88. The Hall–Kier alpha value is -2.26. The second kappa shape index (κ2) is 3.87. The summed E-state index contributed by atoms with van der Waals surface area (Å²) in [5.74, 6) is 0.919. The topological polar surface area (TPSA) is 43.3 Å². The van der Waals surface area contributed by atoms with Crippen LogP contribution in [0.4, 0.5) is 5.69 Å². The minimum absolute atomic E-state index is 0.690. The smallest absolute Gasteiger partial charge is 0.111 e. The highest BCUT2D eigenvalue weighted by Gasteiger charge is 2.14. The van der Waals surface area contributed by atoms with E-state index in [1.165, 1.54) is 0 Å². The van der Waals surface area contributed by atoms with E-state index in [-0.39, 0.29) is 0 Å². The first-order valence-corrected chi connectivity index (χ1v) is 6.79. The van der Waals surface area contributed by atoms with Gasteiger partial charge in [0.1, 0.15) is 5.82 Å². The van der Waals surface area contributed by atoms with E-state index in [2.05, 4.69) is 9.38 Å². The quantitative estimate of drug-likeness (QED) is 0.525. The molecule has 0 saturated carbocycles. The molecule has 4 rings (SSSR count). The zero-order chi connectivity index (χ0) is 13.9. The number of nitrogens with two attached hydrogens (primary N) is 1. The monoisotopic (exact) mass is 281 g/mol. The van der Waals surface area contributed by atoms with Gasteiger partial charge in [-0.05, 0) is 31.2 Å². The van der Waals surface area contributed by atoms with Crippen molar-refractivity contribution in [3.63, 3.8) is 0 Å². The zero-order valence-electron chi connectivity index (χ0n) is 10.9. The maximum Gasteiger partial charge on any atom is 0.111 e. The van der Waals surface area contributed by atoms with E-state index in [0.29, 0.717) is 5.02 Å². The van der Waals surface area contributed by atoms with Crippen molar-refractivity contribution in [3.8, 4) is 0 Å². The molecule has 0 saturated heterocycles. The first kappa shape index (κ1) is 11.6. The van der Waals surface area contributed by atoms with Crippen LogP contribution in [0.3, 0.4) is 0 Å². The van der Waals surface area contributed by atoms with Crippen LogP contribution in [-0.4, -0.2) is 9.38 Å². The van der Waals surface area contributed by atoms with Gasteiger partial charge in [-0.15, -0.1) is 0 Å². The van der Waals surface area contributed by atoms with Gasteiger partial charge in [-0.3, -0.25) is 4.40 Å². The van der Waals surface area contributed by atoms with Crippen LogP contribution in [0, 0.1) is 6.92 Å². The Morgan fingerprint density at radius 2 is 1.90 bits per heavy atom. The summed E-state index contributed by atoms with van der Waals surface area (Å²) in [6.45, 7) is 1.99. The molecule has 0 aliphatic carbocycles. The van der Waals surface area contributed by atoms with Crippen LogP contribution >= 0.6 is 11.6 Å². The molecule has 0 aliphatic rings. The summed E-state index contributed by atoms with van der Waals surface area (Å²) in [6, 6.07) is 13.8. The van der Waals surface area contributed by atoms with Crippen molar-refractivity contribution < 1.29 is 0 Å². The maximum atomic E-state index is 6.37. The van der Waals surface area contributed by atoms with Gasteiger partial charge < -0.3 is 5.73 Å². The molecule has 0 aliphatic heterocycles. The molecule has 2 heterocycles. The van der Waals surface area contributed by atoms with Crippen LogP contribution in [0.5, 0.6) is 0 Å². The molecule has 98 valence electrons. The van der Waals surface area contributed by atoms with E-state index in [1.807, 2.05) is 49.4 Å². The largest absolute Gasteiger partial charge is 0.396 e. The summed E-state index contributed by atoms with van der Waals surface area (Å²) >= 11 is 6.10. The Morgan fingerprint density at radius 3 is 2.75 bits per heavy atom. The third-order valence-corrected chi connectivity index (χ3v) is 3.97. The zero-order valence-corrected chi connectivity index (χ0v) is 11.6. The van der Waals surface area contributed by atoms with Crippen LogP contribution < -0.4 is 5.73 Å². The fourth-order valence-corrected chi connectivity index (χ4v) is 3.06. The molecule has 2 aromatic heterocycles. The number of hydrogen-bond donors (Lipinski definition) is 1. The van der Waals surface area contributed by atoms with Gasteiger partial charge in [0.15, 0.2) is 0 Å². The predicted molar refractivity (Wildman–Crippen MR) is 84.4 cm³/mol. The molecule has 0 unspecified atom stereocenters. The van der Waals surface area contributed by atoms with Crippen molar-refractivity contribution in [2.24, 2.45) is 0 Å². The molecular formula is C16H12ClN3. The van der Waals surface area contributed by atoms with Gasteiger partial charge in [0.05, 0.1) is 22.2 Å². The summed E-state index contributed by atoms with van der Waals surface area (Å²) in [5, 5.41) is 2.72. The Labute approximate surface area is 120 Å². The van der Waals surface area contributed by atoms with E-state index >= 15 is 0 Å². The van der Waals surface area contributed by atoms with Crippen LogP contribution in [0.25, 0.3) is 27.3 Å². The fraction of sp³-hybridized carbons (Fsp3) is 0.0625. The predicted octanol–water partition coefficient (Wildman–Crippen LogP) is 4.18. The van der Waals surface area contributed by atoms with Crippen molar-refractivity contribution in [3.05, 3.63) is 53.3 Å². The number of nitrogens with zero attached hydrogens (tertiary/aromatic N) is 2. The lowest BCUT2D eigenvalue weighted by molar-refractivity contribution is 1.05. The summed E-state index contributed by atoms with van der Waals surface area (Å²) in [4.78, 5) is 4.66. The van der Waals surface area contributed by atoms with E-state index in [1.54, 1.807) is 0 Å². The van der Waals surface area contributed by atoms with Gasteiger partial charge in [0, 0.05) is 15.8 Å². The first-order chi connectivity index (χ1) is 9.66. The molecule has 0 spiro atoms. The number of nitrogen functional groups attached to an aromatic ring is 1. The van der Waals surface area contributed by atoms with E-state index < -0.39 is 0 Å². The van der Waals surface area contributed by atoms with E-state index in [9.17, 15) is 0 Å². The van der Waals surface area contributed by atoms with Crippen LogP contribution in [0.2, 0.25) is 5.02 Å². The Balaban J connectivity index is 2.39. The van der Waals surface area contributed by atoms with Crippen molar-refractivity contribution in [2.75, 3.05) is 5.73 Å². The van der Waals surface area contributed by atoms with Gasteiger partial charge in [-0.25, -0.2) is 4.98 Å². The Morgan fingerprint density at radius 1 is 1.10 bits per heavy atom. The number of aromatic nitrogens is 2. The highest BCUT2D eigenvalue weighted by molar-refractivity contribution is 6.31. The van der Waals surface area contributed by atoms with Gasteiger partial charge >= 0.3 is 0 Å². The molecule has 2 N–H and O–H groups in total. The van der Waals surface area contributed by atoms with Crippen molar-refractivity contribution in [1.29, 1.82) is 0 Å². The van der Waals surface area contributed by atoms with Crippen molar-refractivity contribution in [2.45, 2.75) is 6.92 Å². The average molecular weight is 282 g/mol. The third kappa shape index (κ3) is 1.38. The number of aryl methyl sites for hydroxylation is 1. The molecule has 4 heteroatoms. The number of rotatable bonds is 0. The van der Waals surface area contributed by atoms with Gasteiger partial charge in [0.25, 0.3) is 0 Å². The second-order valence-electron chi connectivity index (χ2n) is 4.94. The lowest BCUT2D eigenvalue weighted by Crippen LogP contribution is -1.97. The average Bonchev–Trinajstić information content (AvgIpc) is 2.73. The Kier molecular flexibility index (Phi) is 2.24. The first-order valence-electron chi connectivity index (χ1n) is 6.41. The van der Waals surface area contributed by atoms with E-state index in [0.717, 1.165) is 38.8 Å².